The average molecular weight is 400 g/mol. The molecule has 0 fully saturated rings. The van der Waals surface area contributed by atoms with Crippen LogP contribution in [-0.4, -0.2) is 10.9 Å². The molecular formula is C17H21IOS. The van der Waals surface area contributed by atoms with Crippen LogP contribution in [0.3, 0.4) is 0 Å². The summed E-state index contributed by atoms with van der Waals surface area (Å²) in [7, 11) is 0. The Hall–Kier alpha value is -0.550. The predicted molar refractivity (Wildman–Crippen MR) is 98.1 cm³/mol. The number of carbonyl (C=O) groups is 1. The fraction of sp³-hybridized carbons (Fsp3) is 0.353. The summed E-state index contributed by atoms with van der Waals surface area (Å²) in [6.45, 7) is 5.73. The Morgan fingerprint density at radius 3 is 2.85 bits per heavy atom. The van der Waals surface area contributed by atoms with Crippen LogP contribution in [0.25, 0.3) is 0 Å². The lowest BCUT2D eigenvalue weighted by atomic mass is 10.1. The summed E-state index contributed by atoms with van der Waals surface area (Å²) in [6.07, 6.45) is 7.72. The van der Waals surface area contributed by atoms with Crippen LogP contribution in [0, 0.1) is 3.57 Å². The van der Waals surface area contributed by atoms with Crippen molar-refractivity contribution in [1.29, 1.82) is 0 Å². The van der Waals surface area contributed by atoms with E-state index in [1.54, 1.807) is 6.08 Å². The first kappa shape index (κ1) is 17.5. The van der Waals surface area contributed by atoms with Gasteiger partial charge in [-0.15, -0.1) is 6.58 Å². The minimum absolute atomic E-state index is 0.173. The molecule has 0 N–H and O–H groups in total. The highest BCUT2D eigenvalue weighted by molar-refractivity contribution is 14.1. The molecule has 0 aliphatic heterocycles. The zero-order valence-electron chi connectivity index (χ0n) is 11.9. The second-order valence-electron chi connectivity index (χ2n) is 4.68. The summed E-state index contributed by atoms with van der Waals surface area (Å²) in [5.74, 6) is 0.843. The Bertz CT molecular complexity index is 480. The Kier molecular flexibility index (Phi) is 8.94. The third kappa shape index (κ3) is 7.29. The SMILES string of the molecule is C=CCCC/C(C)=C\C(=O)SCCc1ccccc1I. The second-order valence-corrected chi connectivity index (χ2v) is 6.94. The molecule has 3 heteroatoms. The van der Waals surface area contributed by atoms with Crippen molar-refractivity contribution in [2.75, 3.05) is 5.75 Å². The Morgan fingerprint density at radius 1 is 1.40 bits per heavy atom. The maximum Gasteiger partial charge on any atom is 0.212 e. The number of halogens is 1. The van der Waals surface area contributed by atoms with Crippen molar-refractivity contribution >= 4 is 39.5 Å². The summed E-state index contributed by atoms with van der Waals surface area (Å²) in [4.78, 5) is 11.8. The monoisotopic (exact) mass is 400 g/mol. The topological polar surface area (TPSA) is 17.1 Å². The first-order valence-electron chi connectivity index (χ1n) is 6.81. The van der Waals surface area contributed by atoms with Gasteiger partial charge in [-0.05, 0) is 72.9 Å². The van der Waals surface area contributed by atoms with Crippen LogP contribution >= 0.6 is 34.4 Å². The van der Waals surface area contributed by atoms with Crippen LogP contribution in [0.15, 0.2) is 48.6 Å². The molecule has 0 aliphatic carbocycles. The maximum absolute atomic E-state index is 11.8. The third-order valence-electron chi connectivity index (χ3n) is 2.92. The molecule has 20 heavy (non-hydrogen) atoms. The Balaban J connectivity index is 2.31. The van der Waals surface area contributed by atoms with E-state index in [4.69, 9.17) is 0 Å². The molecule has 0 bridgehead atoms. The quantitative estimate of drug-likeness (QED) is 0.252. The van der Waals surface area contributed by atoms with Gasteiger partial charge in [-0.25, -0.2) is 0 Å². The van der Waals surface area contributed by atoms with Crippen molar-refractivity contribution in [3.63, 3.8) is 0 Å². The summed E-state index contributed by atoms with van der Waals surface area (Å²) in [6, 6.07) is 8.32. The highest BCUT2D eigenvalue weighted by atomic mass is 127. The van der Waals surface area contributed by atoms with E-state index in [0.717, 1.165) is 31.4 Å². The molecule has 0 aromatic heterocycles. The van der Waals surface area contributed by atoms with Gasteiger partial charge in [-0.3, -0.25) is 4.79 Å². The van der Waals surface area contributed by atoms with E-state index >= 15 is 0 Å². The predicted octanol–water partition coefficient (Wildman–Crippen LogP) is 5.40. The van der Waals surface area contributed by atoms with E-state index in [9.17, 15) is 4.79 Å². The molecule has 0 amide bonds. The fourth-order valence-electron chi connectivity index (χ4n) is 1.80. The minimum Gasteiger partial charge on any atom is -0.282 e. The van der Waals surface area contributed by atoms with Crippen LogP contribution in [0.5, 0.6) is 0 Å². The van der Waals surface area contributed by atoms with E-state index in [-0.39, 0.29) is 5.12 Å². The molecule has 0 spiro atoms. The lowest BCUT2D eigenvalue weighted by Gasteiger charge is -2.03. The lowest BCUT2D eigenvalue weighted by molar-refractivity contribution is -0.107. The normalized spacial score (nSPS) is 11.4. The Labute approximate surface area is 140 Å². The average Bonchev–Trinajstić information content (AvgIpc) is 2.41. The first-order chi connectivity index (χ1) is 9.63. The standard InChI is InChI=1S/C17H21IOS/c1-3-4-5-8-14(2)13-17(19)20-12-11-15-9-6-7-10-16(15)18/h3,6-7,9-10,13H,1,4-5,8,11-12H2,2H3/b14-13-. The van der Waals surface area contributed by atoms with Gasteiger partial charge < -0.3 is 0 Å². The van der Waals surface area contributed by atoms with Crippen molar-refractivity contribution in [1.82, 2.24) is 0 Å². The molecule has 0 saturated carbocycles. The number of thioether (sulfide) groups is 1. The van der Waals surface area contributed by atoms with Crippen LogP contribution in [0.1, 0.15) is 31.7 Å². The van der Waals surface area contributed by atoms with E-state index in [0.29, 0.717) is 0 Å². The van der Waals surface area contributed by atoms with Crippen molar-refractivity contribution in [3.8, 4) is 0 Å². The number of benzene rings is 1. The first-order valence-corrected chi connectivity index (χ1v) is 8.88. The van der Waals surface area contributed by atoms with E-state index < -0.39 is 0 Å². The van der Waals surface area contributed by atoms with Crippen molar-refractivity contribution in [2.45, 2.75) is 32.6 Å². The summed E-state index contributed by atoms with van der Waals surface area (Å²) >= 11 is 3.75. The summed E-state index contributed by atoms with van der Waals surface area (Å²) < 4.78 is 1.27. The maximum atomic E-state index is 11.8. The van der Waals surface area contributed by atoms with Gasteiger partial charge in [0.1, 0.15) is 0 Å². The van der Waals surface area contributed by atoms with Gasteiger partial charge in [0.05, 0.1) is 0 Å². The molecular weight excluding hydrogens is 379 g/mol. The number of carbonyl (C=O) groups excluding carboxylic acids is 1. The van der Waals surface area contributed by atoms with Crippen molar-refractivity contribution < 1.29 is 4.79 Å². The number of hydrogen-bond acceptors (Lipinski definition) is 2. The summed E-state index contributed by atoms with van der Waals surface area (Å²) in [5, 5.41) is 0.173. The Morgan fingerprint density at radius 2 is 2.15 bits per heavy atom. The van der Waals surface area contributed by atoms with Crippen LogP contribution in [-0.2, 0) is 11.2 Å². The van der Waals surface area contributed by atoms with Gasteiger partial charge in [0.15, 0.2) is 0 Å². The lowest BCUT2D eigenvalue weighted by Crippen LogP contribution is -1.96. The van der Waals surface area contributed by atoms with Crippen molar-refractivity contribution in [3.05, 3.63) is 57.7 Å². The number of allylic oxidation sites excluding steroid dienone is 2. The fourth-order valence-corrected chi connectivity index (χ4v) is 3.27. The van der Waals surface area contributed by atoms with Gasteiger partial charge in [0.2, 0.25) is 5.12 Å². The second kappa shape index (κ2) is 10.2. The van der Waals surface area contributed by atoms with E-state index in [2.05, 4.69) is 41.3 Å². The van der Waals surface area contributed by atoms with Crippen LogP contribution in [0.2, 0.25) is 0 Å². The largest absolute Gasteiger partial charge is 0.282 e. The molecule has 1 rings (SSSR count). The zero-order valence-corrected chi connectivity index (χ0v) is 14.9. The van der Waals surface area contributed by atoms with Crippen LogP contribution in [0.4, 0.5) is 0 Å². The molecule has 1 nitrogen and oxygen atoms in total. The molecule has 0 atom stereocenters. The molecule has 108 valence electrons. The van der Waals surface area contributed by atoms with Gasteiger partial charge >= 0.3 is 0 Å². The highest BCUT2D eigenvalue weighted by Crippen LogP contribution is 2.16. The molecule has 1 aromatic carbocycles. The van der Waals surface area contributed by atoms with Gasteiger partial charge in [-0.2, -0.15) is 0 Å². The molecule has 0 heterocycles. The smallest absolute Gasteiger partial charge is 0.212 e. The molecule has 0 saturated heterocycles. The number of aryl methyl sites for hydroxylation is 1. The number of rotatable bonds is 8. The molecule has 0 unspecified atom stereocenters. The molecule has 0 aliphatic rings. The van der Waals surface area contributed by atoms with Gasteiger partial charge in [0, 0.05) is 9.32 Å². The van der Waals surface area contributed by atoms with Crippen molar-refractivity contribution in [2.24, 2.45) is 0 Å². The van der Waals surface area contributed by atoms with Gasteiger partial charge in [0.25, 0.3) is 0 Å². The van der Waals surface area contributed by atoms with Crippen LogP contribution < -0.4 is 0 Å². The van der Waals surface area contributed by atoms with Gasteiger partial charge in [-0.1, -0.05) is 41.6 Å². The summed E-state index contributed by atoms with van der Waals surface area (Å²) in [5.41, 5.74) is 2.48. The minimum atomic E-state index is 0.173. The number of unbranched alkanes of at least 4 members (excludes halogenated alkanes) is 1. The van der Waals surface area contributed by atoms with E-state index in [1.807, 2.05) is 25.1 Å². The zero-order chi connectivity index (χ0) is 14.8. The molecule has 0 radical (unpaired) electrons. The number of hydrogen-bond donors (Lipinski definition) is 0. The highest BCUT2D eigenvalue weighted by Gasteiger charge is 2.03. The van der Waals surface area contributed by atoms with E-state index in [1.165, 1.54) is 26.5 Å². The third-order valence-corrected chi connectivity index (χ3v) is 4.78. The molecule has 1 aromatic rings.